The third-order valence-corrected chi connectivity index (χ3v) is 3.07. The van der Waals surface area contributed by atoms with Crippen LogP contribution in [0.25, 0.3) is 0 Å². The Kier molecular flexibility index (Phi) is 4.17. The number of benzene rings is 1. The van der Waals surface area contributed by atoms with Crippen LogP contribution in [0.4, 0.5) is 0 Å². The van der Waals surface area contributed by atoms with Crippen molar-refractivity contribution in [2.75, 3.05) is 6.61 Å². The summed E-state index contributed by atoms with van der Waals surface area (Å²) in [7, 11) is 0. The van der Waals surface area contributed by atoms with Crippen LogP contribution in [0.3, 0.4) is 0 Å². The number of hydrogen-bond donors (Lipinski definition) is 0. The molecule has 18 heavy (non-hydrogen) atoms. The van der Waals surface area contributed by atoms with Gasteiger partial charge in [0.15, 0.2) is 0 Å². The van der Waals surface area contributed by atoms with E-state index in [-0.39, 0.29) is 5.97 Å². The second-order valence-electron chi connectivity index (χ2n) is 3.28. The van der Waals surface area contributed by atoms with Crippen LogP contribution in [0.2, 0.25) is 5.15 Å². The molecular formula is C12H10ClNO3S. The normalized spacial score (nSPS) is 10.1. The van der Waals surface area contributed by atoms with Gasteiger partial charge in [-0.1, -0.05) is 22.9 Å². The molecule has 0 atom stereocenters. The highest BCUT2D eigenvalue weighted by atomic mass is 35.5. The van der Waals surface area contributed by atoms with Gasteiger partial charge in [-0.05, 0) is 31.2 Å². The summed E-state index contributed by atoms with van der Waals surface area (Å²) in [5.74, 6) is 0.246. The van der Waals surface area contributed by atoms with E-state index >= 15 is 0 Å². The molecule has 0 aliphatic carbocycles. The Morgan fingerprint density at radius 3 is 2.67 bits per heavy atom. The number of rotatable bonds is 4. The summed E-state index contributed by atoms with van der Waals surface area (Å²) in [6.45, 7) is 2.12. The largest absolute Gasteiger partial charge is 0.462 e. The number of nitrogens with zero attached hydrogens (tertiary/aromatic N) is 1. The van der Waals surface area contributed by atoms with Gasteiger partial charge in [-0.3, -0.25) is 0 Å². The second kappa shape index (κ2) is 5.84. The summed E-state index contributed by atoms with van der Waals surface area (Å²) < 4.78 is 10.3. The van der Waals surface area contributed by atoms with E-state index in [0.29, 0.717) is 28.3 Å². The monoisotopic (exact) mass is 283 g/mol. The zero-order valence-electron chi connectivity index (χ0n) is 9.55. The van der Waals surface area contributed by atoms with Crippen LogP contribution >= 0.6 is 22.9 Å². The number of carbonyl (C=O) groups excluding carboxylic acids is 1. The van der Waals surface area contributed by atoms with E-state index in [1.54, 1.807) is 36.6 Å². The van der Waals surface area contributed by atoms with E-state index in [2.05, 4.69) is 4.98 Å². The number of ether oxygens (including phenoxy) is 2. The highest BCUT2D eigenvalue weighted by Gasteiger charge is 2.07. The van der Waals surface area contributed by atoms with Crippen LogP contribution in [-0.2, 0) is 4.74 Å². The predicted octanol–water partition coefficient (Wildman–Crippen LogP) is 3.77. The first-order chi connectivity index (χ1) is 8.69. The lowest BCUT2D eigenvalue weighted by molar-refractivity contribution is 0.0526. The Balaban J connectivity index is 2.05. The van der Waals surface area contributed by atoms with Crippen molar-refractivity contribution in [2.45, 2.75) is 6.92 Å². The van der Waals surface area contributed by atoms with E-state index in [0.717, 1.165) is 0 Å². The molecule has 1 aromatic heterocycles. The van der Waals surface area contributed by atoms with E-state index in [1.807, 2.05) is 0 Å². The first-order valence-corrected chi connectivity index (χ1v) is 6.51. The Morgan fingerprint density at radius 2 is 2.11 bits per heavy atom. The summed E-state index contributed by atoms with van der Waals surface area (Å²) in [6, 6.07) is 6.65. The standard InChI is InChI=1S/C12H10ClNO3S/c1-2-16-11(15)8-3-5-9(6-4-8)17-12-14-10(13)7-18-12/h3-7H,2H2,1H3. The smallest absolute Gasteiger partial charge is 0.338 e. The SMILES string of the molecule is CCOC(=O)c1ccc(Oc2nc(Cl)cs2)cc1. The summed E-state index contributed by atoms with van der Waals surface area (Å²) in [6.07, 6.45) is 0. The third kappa shape index (κ3) is 3.21. The molecule has 0 spiro atoms. The van der Waals surface area contributed by atoms with Gasteiger partial charge < -0.3 is 9.47 Å². The minimum absolute atomic E-state index is 0.346. The summed E-state index contributed by atoms with van der Waals surface area (Å²) in [4.78, 5) is 15.4. The number of aromatic nitrogens is 1. The molecule has 0 saturated carbocycles. The summed E-state index contributed by atoms with van der Waals surface area (Å²) >= 11 is 6.99. The Hall–Kier alpha value is -1.59. The van der Waals surface area contributed by atoms with Gasteiger partial charge in [-0.15, -0.1) is 0 Å². The van der Waals surface area contributed by atoms with Crippen LogP contribution in [0, 0.1) is 0 Å². The lowest BCUT2D eigenvalue weighted by Gasteiger charge is -2.03. The molecule has 0 aliphatic heterocycles. The van der Waals surface area contributed by atoms with Gasteiger partial charge in [0.05, 0.1) is 12.2 Å². The van der Waals surface area contributed by atoms with Crippen LogP contribution in [0.15, 0.2) is 29.6 Å². The number of carbonyl (C=O) groups is 1. The second-order valence-corrected chi connectivity index (χ2v) is 4.49. The predicted molar refractivity (Wildman–Crippen MR) is 69.6 cm³/mol. The van der Waals surface area contributed by atoms with Gasteiger partial charge in [-0.2, -0.15) is 4.98 Å². The topological polar surface area (TPSA) is 48.4 Å². The third-order valence-electron chi connectivity index (χ3n) is 2.03. The molecule has 1 heterocycles. The summed E-state index contributed by atoms with van der Waals surface area (Å²) in [5.41, 5.74) is 0.487. The Morgan fingerprint density at radius 1 is 1.39 bits per heavy atom. The van der Waals surface area contributed by atoms with Crippen molar-refractivity contribution in [1.82, 2.24) is 4.98 Å². The van der Waals surface area contributed by atoms with Crippen molar-refractivity contribution >= 4 is 28.9 Å². The first kappa shape index (κ1) is 12.9. The van der Waals surface area contributed by atoms with Crippen molar-refractivity contribution < 1.29 is 14.3 Å². The van der Waals surface area contributed by atoms with Crippen LogP contribution in [-0.4, -0.2) is 17.6 Å². The zero-order valence-corrected chi connectivity index (χ0v) is 11.1. The molecular weight excluding hydrogens is 274 g/mol. The molecule has 2 rings (SSSR count). The molecule has 0 amide bonds. The molecule has 6 heteroatoms. The van der Waals surface area contributed by atoms with Gasteiger partial charge in [0.2, 0.25) is 0 Å². The highest BCUT2D eigenvalue weighted by Crippen LogP contribution is 2.27. The average Bonchev–Trinajstić information content (AvgIpc) is 2.76. The van der Waals surface area contributed by atoms with Crippen molar-refractivity contribution in [3.05, 3.63) is 40.4 Å². The van der Waals surface area contributed by atoms with Crippen LogP contribution < -0.4 is 4.74 Å². The van der Waals surface area contributed by atoms with E-state index in [4.69, 9.17) is 21.1 Å². The number of esters is 1. The fourth-order valence-corrected chi connectivity index (χ4v) is 2.07. The molecule has 0 radical (unpaired) electrons. The minimum Gasteiger partial charge on any atom is -0.462 e. The fourth-order valence-electron chi connectivity index (χ4n) is 1.26. The molecule has 1 aromatic carbocycles. The molecule has 0 fully saturated rings. The molecule has 0 bridgehead atoms. The number of hydrogen-bond acceptors (Lipinski definition) is 5. The quantitative estimate of drug-likeness (QED) is 0.802. The van der Waals surface area contributed by atoms with Gasteiger partial charge in [0.25, 0.3) is 5.19 Å². The Bertz CT molecular complexity index is 539. The van der Waals surface area contributed by atoms with E-state index in [1.165, 1.54) is 11.3 Å². The molecule has 0 aliphatic rings. The van der Waals surface area contributed by atoms with Gasteiger partial charge >= 0.3 is 5.97 Å². The number of halogens is 1. The number of thiazole rings is 1. The van der Waals surface area contributed by atoms with Crippen molar-refractivity contribution in [3.63, 3.8) is 0 Å². The maximum atomic E-state index is 11.4. The van der Waals surface area contributed by atoms with Gasteiger partial charge in [0, 0.05) is 5.38 Å². The maximum absolute atomic E-state index is 11.4. The molecule has 0 saturated heterocycles. The lowest BCUT2D eigenvalue weighted by atomic mass is 10.2. The molecule has 2 aromatic rings. The molecule has 0 N–H and O–H groups in total. The van der Waals surface area contributed by atoms with Crippen LogP contribution in [0.1, 0.15) is 17.3 Å². The molecule has 4 nitrogen and oxygen atoms in total. The van der Waals surface area contributed by atoms with Crippen molar-refractivity contribution in [3.8, 4) is 10.9 Å². The average molecular weight is 284 g/mol. The van der Waals surface area contributed by atoms with E-state index < -0.39 is 0 Å². The Labute approximate surface area is 113 Å². The minimum atomic E-state index is -0.346. The maximum Gasteiger partial charge on any atom is 0.338 e. The summed E-state index contributed by atoms with van der Waals surface area (Å²) in [5, 5.41) is 2.55. The lowest BCUT2D eigenvalue weighted by Crippen LogP contribution is -2.03. The van der Waals surface area contributed by atoms with Crippen molar-refractivity contribution in [1.29, 1.82) is 0 Å². The van der Waals surface area contributed by atoms with Gasteiger partial charge in [-0.25, -0.2) is 4.79 Å². The zero-order chi connectivity index (χ0) is 13.0. The molecule has 0 unspecified atom stereocenters. The first-order valence-electron chi connectivity index (χ1n) is 5.25. The molecule has 94 valence electrons. The van der Waals surface area contributed by atoms with Gasteiger partial charge in [0.1, 0.15) is 10.9 Å². The fraction of sp³-hybridized carbons (Fsp3) is 0.167. The van der Waals surface area contributed by atoms with Crippen molar-refractivity contribution in [2.24, 2.45) is 0 Å². The van der Waals surface area contributed by atoms with E-state index in [9.17, 15) is 4.79 Å². The highest BCUT2D eigenvalue weighted by molar-refractivity contribution is 7.11. The van der Waals surface area contributed by atoms with Crippen LogP contribution in [0.5, 0.6) is 10.9 Å².